The van der Waals surface area contributed by atoms with Crippen molar-refractivity contribution in [2.45, 2.75) is 12.8 Å². The fraction of sp³-hybridized carbons (Fsp3) is 0.533. The zero-order valence-electron chi connectivity index (χ0n) is 12.9. The average Bonchev–Trinajstić information content (AvgIpc) is 2.38. The van der Waals surface area contributed by atoms with Crippen LogP contribution in [0.2, 0.25) is 0 Å². The van der Waals surface area contributed by atoms with Crippen LogP contribution in [0.5, 0.6) is 0 Å². The maximum absolute atomic E-state index is 11.8. The van der Waals surface area contributed by atoms with Crippen LogP contribution in [0.3, 0.4) is 0 Å². The fourth-order valence-corrected chi connectivity index (χ4v) is 1.89. The minimum absolute atomic E-state index is 0.0331. The van der Waals surface area contributed by atoms with E-state index in [0.29, 0.717) is 11.3 Å². The quantitative estimate of drug-likeness (QED) is 0.589. The second-order valence-corrected chi connectivity index (χ2v) is 5.44. The van der Waals surface area contributed by atoms with Gasteiger partial charge in [-0.3, -0.25) is 4.79 Å². The molecule has 0 saturated heterocycles. The van der Waals surface area contributed by atoms with Crippen molar-refractivity contribution in [3.8, 4) is 0 Å². The zero-order valence-corrected chi connectivity index (χ0v) is 12.9. The van der Waals surface area contributed by atoms with Gasteiger partial charge < -0.3 is 20.9 Å². The van der Waals surface area contributed by atoms with Crippen LogP contribution < -0.4 is 11.1 Å². The Bertz CT molecular complexity index is 443. The first kappa shape index (κ1) is 16.3. The van der Waals surface area contributed by atoms with E-state index in [2.05, 4.69) is 24.3 Å². The Morgan fingerprint density at radius 3 is 2.45 bits per heavy atom. The molecule has 0 radical (unpaired) electrons. The van der Waals surface area contributed by atoms with Crippen LogP contribution in [0, 0.1) is 0 Å². The zero-order chi connectivity index (χ0) is 15.1. The predicted molar refractivity (Wildman–Crippen MR) is 85.1 cm³/mol. The lowest BCUT2D eigenvalue weighted by Gasteiger charge is -2.14. The summed E-state index contributed by atoms with van der Waals surface area (Å²) in [4.78, 5) is 15.5. The molecule has 0 atom stereocenters. The number of rotatable bonds is 7. The van der Waals surface area contributed by atoms with Crippen molar-refractivity contribution in [1.82, 2.24) is 9.80 Å². The molecule has 5 nitrogen and oxygen atoms in total. The lowest BCUT2D eigenvalue weighted by molar-refractivity contribution is 0.0827. The number of anilines is 2. The van der Waals surface area contributed by atoms with Crippen molar-refractivity contribution in [1.29, 1.82) is 0 Å². The summed E-state index contributed by atoms with van der Waals surface area (Å²) in [6.45, 7) is 1.98. The number of benzene rings is 1. The monoisotopic (exact) mass is 278 g/mol. The number of carbonyl (C=O) groups excluding carboxylic acids is 1. The first-order valence-electron chi connectivity index (χ1n) is 6.91. The van der Waals surface area contributed by atoms with Gasteiger partial charge in [-0.05, 0) is 51.7 Å². The Kier molecular flexibility index (Phi) is 6.31. The van der Waals surface area contributed by atoms with Gasteiger partial charge in [0.05, 0.1) is 11.4 Å². The molecule has 0 aliphatic heterocycles. The average molecular weight is 278 g/mol. The molecule has 5 heteroatoms. The van der Waals surface area contributed by atoms with Crippen LogP contribution in [0.25, 0.3) is 0 Å². The summed E-state index contributed by atoms with van der Waals surface area (Å²) in [6.07, 6.45) is 2.24. The number of nitrogen functional groups attached to an aromatic ring is 1. The highest BCUT2D eigenvalue weighted by molar-refractivity contribution is 5.95. The van der Waals surface area contributed by atoms with Crippen LogP contribution in [0.1, 0.15) is 23.2 Å². The number of nitrogens with one attached hydrogen (secondary N) is 1. The van der Waals surface area contributed by atoms with E-state index in [0.717, 1.165) is 31.6 Å². The van der Waals surface area contributed by atoms with Gasteiger partial charge in [0.25, 0.3) is 5.91 Å². The number of carbonyl (C=O) groups is 1. The highest BCUT2D eigenvalue weighted by Crippen LogP contribution is 2.20. The van der Waals surface area contributed by atoms with Crippen molar-refractivity contribution >= 4 is 17.3 Å². The van der Waals surface area contributed by atoms with E-state index in [1.165, 1.54) is 0 Å². The van der Waals surface area contributed by atoms with Crippen LogP contribution in [0.4, 0.5) is 11.4 Å². The van der Waals surface area contributed by atoms with Gasteiger partial charge in [0, 0.05) is 26.2 Å². The number of hydrogen-bond donors (Lipinski definition) is 2. The minimum atomic E-state index is -0.0331. The standard InChI is InChI=1S/C15H26N4O/c1-18(2)10-6-5-9-17-14-8-7-12(11-13(14)16)15(20)19(3)4/h7-8,11,17H,5-6,9-10,16H2,1-4H3. The van der Waals surface area contributed by atoms with Crippen LogP contribution in [0.15, 0.2) is 18.2 Å². The predicted octanol–water partition coefficient (Wildman–Crippen LogP) is 1.72. The molecule has 0 saturated carbocycles. The molecule has 0 heterocycles. The van der Waals surface area contributed by atoms with Crippen LogP contribution >= 0.6 is 0 Å². The van der Waals surface area contributed by atoms with Crippen molar-refractivity contribution in [3.63, 3.8) is 0 Å². The molecule has 0 aliphatic carbocycles. The molecule has 0 spiro atoms. The summed E-state index contributed by atoms with van der Waals surface area (Å²) >= 11 is 0. The van der Waals surface area contributed by atoms with Crippen molar-refractivity contribution < 1.29 is 4.79 Å². The normalized spacial score (nSPS) is 10.7. The Morgan fingerprint density at radius 1 is 1.20 bits per heavy atom. The molecule has 20 heavy (non-hydrogen) atoms. The van der Waals surface area contributed by atoms with Gasteiger partial charge in [-0.1, -0.05) is 0 Å². The molecule has 0 unspecified atom stereocenters. The smallest absolute Gasteiger partial charge is 0.253 e. The molecular formula is C15H26N4O. The SMILES string of the molecule is CN(C)CCCCNc1ccc(C(=O)N(C)C)cc1N. The summed E-state index contributed by atoms with van der Waals surface area (Å²) in [5, 5.41) is 3.31. The molecule has 3 N–H and O–H groups in total. The van der Waals surface area contributed by atoms with E-state index in [1.54, 1.807) is 31.1 Å². The molecule has 0 fully saturated rings. The molecule has 0 aromatic heterocycles. The molecule has 1 amide bonds. The Morgan fingerprint density at radius 2 is 1.90 bits per heavy atom. The maximum atomic E-state index is 11.8. The van der Waals surface area contributed by atoms with E-state index in [9.17, 15) is 4.79 Å². The van der Waals surface area contributed by atoms with E-state index < -0.39 is 0 Å². The molecule has 1 aromatic rings. The van der Waals surface area contributed by atoms with Gasteiger partial charge in [-0.2, -0.15) is 0 Å². The lowest BCUT2D eigenvalue weighted by atomic mass is 10.1. The summed E-state index contributed by atoms with van der Waals surface area (Å²) in [5.74, 6) is -0.0331. The second kappa shape index (κ2) is 7.75. The Balaban J connectivity index is 2.50. The third kappa shape index (κ3) is 5.09. The first-order valence-corrected chi connectivity index (χ1v) is 6.91. The third-order valence-corrected chi connectivity index (χ3v) is 3.05. The summed E-state index contributed by atoms with van der Waals surface area (Å²) in [5.41, 5.74) is 8.11. The molecule has 1 rings (SSSR count). The fourth-order valence-electron chi connectivity index (χ4n) is 1.89. The Hall–Kier alpha value is -1.75. The first-order chi connectivity index (χ1) is 9.41. The van der Waals surface area contributed by atoms with Crippen LogP contribution in [-0.4, -0.2) is 57.0 Å². The summed E-state index contributed by atoms with van der Waals surface area (Å²) < 4.78 is 0. The molecule has 112 valence electrons. The van der Waals surface area contributed by atoms with Crippen molar-refractivity contribution in [2.75, 3.05) is 52.3 Å². The number of nitrogens with zero attached hydrogens (tertiary/aromatic N) is 2. The molecule has 1 aromatic carbocycles. The van der Waals surface area contributed by atoms with E-state index in [4.69, 9.17) is 5.73 Å². The third-order valence-electron chi connectivity index (χ3n) is 3.05. The van der Waals surface area contributed by atoms with Gasteiger partial charge in [-0.25, -0.2) is 0 Å². The van der Waals surface area contributed by atoms with Gasteiger partial charge in [0.15, 0.2) is 0 Å². The van der Waals surface area contributed by atoms with Gasteiger partial charge in [-0.15, -0.1) is 0 Å². The topological polar surface area (TPSA) is 61.6 Å². The summed E-state index contributed by atoms with van der Waals surface area (Å²) in [7, 11) is 7.61. The number of hydrogen-bond acceptors (Lipinski definition) is 4. The number of unbranched alkanes of at least 4 members (excludes halogenated alkanes) is 1. The van der Waals surface area contributed by atoms with Crippen molar-refractivity contribution in [2.24, 2.45) is 0 Å². The molecule has 0 aliphatic rings. The minimum Gasteiger partial charge on any atom is -0.397 e. The Labute approximate surface area is 121 Å². The lowest BCUT2D eigenvalue weighted by Crippen LogP contribution is -2.21. The van der Waals surface area contributed by atoms with E-state index in [-0.39, 0.29) is 5.91 Å². The maximum Gasteiger partial charge on any atom is 0.253 e. The van der Waals surface area contributed by atoms with E-state index in [1.807, 2.05) is 6.07 Å². The van der Waals surface area contributed by atoms with Gasteiger partial charge in [0.1, 0.15) is 0 Å². The highest BCUT2D eigenvalue weighted by atomic mass is 16.2. The molecule has 0 bridgehead atoms. The highest BCUT2D eigenvalue weighted by Gasteiger charge is 2.09. The van der Waals surface area contributed by atoms with Gasteiger partial charge >= 0.3 is 0 Å². The van der Waals surface area contributed by atoms with Crippen molar-refractivity contribution in [3.05, 3.63) is 23.8 Å². The summed E-state index contributed by atoms with van der Waals surface area (Å²) in [6, 6.07) is 5.41. The van der Waals surface area contributed by atoms with Crippen LogP contribution in [-0.2, 0) is 0 Å². The molecular weight excluding hydrogens is 252 g/mol. The number of amides is 1. The van der Waals surface area contributed by atoms with E-state index >= 15 is 0 Å². The van der Waals surface area contributed by atoms with Gasteiger partial charge in [0.2, 0.25) is 0 Å². The second-order valence-electron chi connectivity index (χ2n) is 5.44. The number of nitrogens with two attached hydrogens (primary N) is 1. The largest absolute Gasteiger partial charge is 0.397 e.